The van der Waals surface area contributed by atoms with Crippen LogP contribution in [0.5, 0.6) is 0 Å². The molecule has 7 heteroatoms. The van der Waals surface area contributed by atoms with Crippen LogP contribution in [-0.2, 0) is 10.0 Å². The van der Waals surface area contributed by atoms with Gasteiger partial charge in [0.2, 0.25) is 10.0 Å². The summed E-state index contributed by atoms with van der Waals surface area (Å²) in [6, 6.07) is 5.93. The molecule has 0 amide bonds. The molecule has 0 spiro atoms. The fourth-order valence-corrected chi connectivity index (χ4v) is 3.99. The summed E-state index contributed by atoms with van der Waals surface area (Å²) in [5.74, 6) is 0. The van der Waals surface area contributed by atoms with Gasteiger partial charge in [0.05, 0.1) is 28.8 Å². The second-order valence-corrected chi connectivity index (χ2v) is 6.71. The highest BCUT2D eigenvalue weighted by Crippen LogP contribution is 2.34. The molecule has 2 N–H and O–H groups in total. The summed E-state index contributed by atoms with van der Waals surface area (Å²) in [4.78, 5) is -0.132. The molecular weight excluding hydrogens is 288 g/mol. The zero-order valence-electron chi connectivity index (χ0n) is 10.1. The highest BCUT2D eigenvalue weighted by molar-refractivity contribution is 7.89. The van der Waals surface area contributed by atoms with Crippen LogP contribution in [-0.4, -0.2) is 25.7 Å². The third-order valence-corrected chi connectivity index (χ3v) is 5.37. The van der Waals surface area contributed by atoms with Gasteiger partial charge >= 0.3 is 0 Å². The molecule has 0 bridgehead atoms. The molecular formula is C12H13ClN2O3S. The van der Waals surface area contributed by atoms with E-state index in [9.17, 15) is 13.5 Å². The number of hydrogen-bond donors (Lipinski definition) is 2. The number of nitriles is 1. The van der Waals surface area contributed by atoms with E-state index in [-0.39, 0.29) is 22.1 Å². The fourth-order valence-electron chi connectivity index (χ4n) is 2.01. The summed E-state index contributed by atoms with van der Waals surface area (Å²) < 4.78 is 27.0. The lowest BCUT2D eigenvalue weighted by molar-refractivity contribution is 0.110. The van der Waals surface area contributed by atoms with Crippen molar-refractivity contribution in [1.82, 2.24) is 4.72 Å². The van der Waals surface area contributed by atoms with E-state index in [0.717, 1.165) is 6.42 Å². The number of nitrogens with one attached hydrogen (secondary N) is 1. The van der Waals surface area contributed by atoms with Gasteiger partial charge in [0.25, 0.3) is 0 Å². The molecule has 102 valence electrons. The number of halogens is 1. The predicted octanol–water partition coefficient (Wildman–Crippen LogP) is 1.40. The molecule has 1 saturated carbocycles. The van der Waals surface area contributed by atoms with Crippen LogP contribution < -0.4 is 4.72 Å². The second kappa shape index (κ2) is 5.10. The van der Waals surface area contributed by atoms with E-state index in [4.69, 9.17) is 16.9 Å². The van der Waals surface area contributed by atoms with Crippen molar-refractivity contribution in [2.75, 3.05) is 6.61 Å². The lowest BCUT2D eigenvalue weighted by Gasteiger charge is -2.40. The van der Waals surface area contributed by atoms with Crippen LogP contribution in [0.4, 0.5) is 0 Å². The monoisotopic (exact) mass is 300 g/mol. The van der Waals surface area contributed by atoms with Crippen molar-refractivity contribution in [2.24, 2.45) is 0 Å². The molecule has 5 nitrogen and oxygen atoms in total. The maximum absolute atomic E-state index is 12.3. The summed E-state index contributed by atoms with van der Waals surface area (Å²) in [6.07, 6.45) is 2.06. The molecule has 1 aromatic carbocycles. The molecule has 0 saturated heterocycles. The average molecular weight is 301 g/mol. The summed E-state index contributed by atoms with van der Waals surface area (Å²) in [6.45, 7) is -0.248. The van der Waals surface area contributed by atoms with E-state index < -0.39 is 15.6 Å². The summed E-state index contributed by atoms with van der Waals surface area (Å²) >= 11 is 5.88. The Bertz CT molecular complexity index is 627. The number of nitrogens with zero attached hydrogens (tertiary/aromatic N) is 1. The Kier molecular flexibility index (Phi) is 3.83. The zero-order chi connectivity index (χ0) is 14.1. The minimum Gasteiger partial charge on any atom is -0.394 e. The average Bonchev–Trinajstić information content (AvgIpc) is 2.34. The van der Waals surface area contributed by atoms with Gasteiger partial charge in [0, 0.05) is 0 Å². The molecule has 0 heterocycles. The second-order valence-electron chi connectivity index (χ2n) is 4.65. The van der Waals surface area contributed by atoms with Gasteiger partial charge in [0.1, 0.15) is 4.90 Å². The van der Waals surface area contributed by atoms with E-state index in [0.29, 0.717) is 12.8 Å². The quantitative estimate of drug-likeness (QED) is 0.879. The molecule has 19 heavy (non-hydrogen) atoms. The smallest absolute Gasteiger partial charge is 0.242 e. The Labute approximate surface area is 116 Å². The molecule has 0 radical (unpaired) electrons. The van der Waals surface area contributed by atoms with Gasteiger partial charge in [-0.25, -0.2) is 13.1 Å². The first-order valence-electron chi connectivity index (χ1n) is 5.77. The van der Waals surface area contributed by atoms with Crippen LogP contribution in [0.2, 0.25) is 5.02 Å². The first-order chi connectivity index (χ1) is 8.92. The zero-order valence-corrected chi connectivity index (χ0v) is 11.6. The topological polar surface area (TPSA) is 90.2 Å². The molecule has 1 fully saturated rings. The van der Waals surface area contributed by atoms with Gasteiger partial charge in [-0.3, -0.25) is 0 Å². The van der Waals surface area contributed by atoms with Crippen LogP contribution >= 0.6 is 11.6 Å². The molecule has 0 atom stereocenters. The van der Waals surface area contributed by atoms with E-state index in [2.05, 4.69) is 4.72 Å². The third kappa shape index (κ3) is 2.74. The Morgan fingerprint density at radius 2 is 2.16 bits per heavy atom. The molecule has 2 rings (SSSR count). The van der Waals surface area contributed by atoms with Crippen molar-refractivity contribution in [3.05, 3.63) is 28.8 Å². The van der Waals surface area contributed by atoms with Crippen molar-refractivity contribution in [2.45, 2.75) is 29.7 Å². The van der Waals surface area contributed by atoms with Crippen LogP contribution in [0.3, 0.4) is 0 Å². The minimum absolute atomic E-state index is 0.0545. The summed E-state index contributed by atoms with van der Waals surface area (Å²) in [5, 5.41) is 18.2. The van der Waals surface area contributed by atoms with Crippen molar-refractivity contribution in [1.29, 1.82) is 5.26 Å². The minimum atomic E-state index is -3.85. The third-order valence-electron chi connectivity index (χ3n) is 3.31. The maximum Gasteiger partial charge on any atom is 0.242 e. The van der Waals surface area contributed by atoms with Crippen LogP contribution in [0.15, 0.2) is 23.1 Å². The van der Waals surface area contributed by atoms with Gasteiger partial charge in [-0.05, 0) is 37.5 Å². The Morgan fingerprint density at radius 3 is 2.63 bits per heavy atom. The van der Waals surface area contributed by atoms with Crippen molar-refractivity contribution in [3.63, 3.8) is 0 Å². The van der Waals surface area contributed by atoms with E-state index in [1.54, 1.807) is 0 Å². The van der Waals surface area contributed by atoms with Gasteiger partial charge in [0.15, 0.2) is 0 Å². The number of aliphatic hydroxyl groups is 1. The normalized spacial score (nSPS) is 17.5. The SMILES string of the molecule is N#Cc1ccc(Cl)c(S(=O)(=O)NC2(CO)CCC2)c1. The van der Waals surface area contributed by atoms with Crippen LogP contribution in [0.1, 0.15) is 24.8 Å². The Balaban J connectivity index is 2.37. The predicted molar refractivity (Wildman–Crippen MR) is 70.2 cm³/mol. The number of aliphatic hydroxyl groups excluding tert-OH is 1. The van der Waals surface area contributed by atoms with Crippen molar-refractivity contribution >= 4 is 21.6 Å². The van der Waals surface area contributed by atoms with Crippen molar-refractivity contribution in [3.8, 4) is 6.07 Å². The fraction of sp³-hybridized carbons (Fsp3) is 0.417. The molecule has 1 aliphatic carbocycles. The van der Waals surface area contributed by atoms with E-state index in [1.807, 2.05) is 6.07 Å². The largest absolute Gasteiger partial charge is 0.394 e. The van der Waals surface area contributed by atoms with Gasteiger partial charge in [-0.2, -0.15) is 5.26 Å². The molecule has 0 aliphatic heterocycles. The highest BCUT2D eigenvalue weighted by atomic mass is 35.5. The molecule has 0 unspecified atom stereocenters. The van der Waals surface area contributed by atoms with E-state index >= 15 is 0 Å². The molecule has 1 aromatic rings. The standard InChI is InChI=1S/C12H13ClN2O3S/c13-10-3-2-9(7-14)6-11(10)19(17,18)15-12(8-16)4-1-5-12/h2-3,6,15-16H,1,4-5,8H2. The van der Waals surface area contributed by atoms with E-state index in [1.165, 1.54) is 18.2 Å². The Hall–Kier alpha value is -1.13. The highest BCUT2D eigenvalue weighted by Gasteiger charge is 2.40. The van der Waals surface area contributed by atoms with Gasteiger partial charge < -0.3 is 5.11 Å². The van der Waals surface area contributed by atoms with Crippen LogP contribution in [0, 0.1) is 11.3 Å². The van der Waals surface area contributed by atoms with Crippen molar-refractivity contribution < 1.29 is 13.5 Å². The number of benzene rings is 1. The van der Waals surface area contributed by atoms with Crippen LogP contribution in [0.25, 0.3) is 0 Å². The van der Waals surface area contributed by atoms with Gasteiger partial charge in [-0.15, -0.1) is 0 Å². The Morgan fingerprint density at radius 1 is 1.47 bits per heavy atom. The number of hydrogen-bond acceptors (Lipinski definition) is 4. The first kappa shape index (κ1) is 14.3. The lowest BCUT2D eigenvalue weighted by Crippen LogP contribution is -2.56. The summed E-state index contributed by atoms with van der Waals surface area (Å²) in [7, 11) is -3.85. The molecule has 0 aromatic heterocycles. The van der Waals surface area contributed by atoms with Gasteiger partial charge in [-0.1, -0.05) is 11.6 Å². The first-order valence-corrected chi connectivity index (χ1v) is 7.63. The number of rotatable bonds is 4. The molecule has 1 aliphatic rings. The summed E-state index contributed by atoms with van der Waals surface area (Å²) in [5.41, 5.74) is -0.568. The lowest BCUT2D eigenvalue weighted by atomic mass is 9.78. The maximum atomic E-state index is 12.3. The number of sulfonamides is 1.